The van der Waals surface area contributed by atoms with Gasteiger partial charge < -0.3 is 10.6 Å². The van der Waals surface area contributed by atoms with Crippen molar-refractivity contribution in [2.45, 2.75) is 37.8 Å². The van der Waals surface area contributed by atoms with E-state index in [1.54, 1.807) is 6.07 Å². The Balaban J connectivity index is 2.07. The highest BCUT2D eigenvalue weighted by Crippen LogP contribution is 2.25. The highest BCUT2D eigenvalue weighted by molar-refractivity contribution is 9.10. The lowest BCUT2D eigenvalue weighted by atomic mass is 10.1. The molecule has 0 aliphatic rings. The van der Waals surface area contributed by atoms with Gasteiger partial charge in [0.05, 0.1) is 17.4 Å². The van der Waals surface area contributed by atoms with Crippen molar-refractivity contribution in [3.05, 3.63) is 64.1 Å². The van der Waals surface area contributed by atoms with Gasteiger partial charge in [0.1, 0.15) is 0 Å². The van der Waals surface area contributed by atoms with Gasteiger partial charge in [-0.1, -0.05) is 46.3 Å². The van der Waals surface area contributed by atoms with Gasteiger partial charge >= 0.3 is 0 Å². The molecular formula is C20H23BrN2O2S. The minimum Gasteiger partial charge on any atom is -0.353 e. The summed E-state index contributed by atoms with van der Waals surface area (Å²) in [6.45, 7) is 5.80. The van der Waals surface area contributed by atoms with Gasteiger partial charge in [-0.25, -0.2) is 0 Å². The van der Waals surface area contributed by atoms with E-state index >= 15 is 0 Å². The van der Waals surface area contributed by atoms with Crippen LogP contribution in [0.2, 0.25) is 0 Å². The zero-order valence-electron chi connectivity index (χ0n) is 15.1. The number of halogens is 1. The molecule has 0 saturated carbocycles. The number of thioether (sulfide) groups is 1. The van der Waals surface area contributed by atoms with Gasteiger partial charge in [0, 0.05) is 15.4 Å². The van der Waals surface area contributed by atoms with Crippen LogP contribution in [0, 0.1) is 0 Å². The monoisotopic (exact) mass is 434 g/mol. The average molecular weight is 435 g/mol. The van der Waals surface area contributed by atoms with Crippen molar-refractivity contribution in [1.29, 1.82) is 0 Å². The SMILES string of the molecule is CC(C)NC(=O)CSc1ccccc1C(=O)NC(C)c1ccccc1Br. The van der Waals surface area contributed by atoms with Crippen LogP contribution < -0.4 is 10.6 Å². The molecular weight excluding hydrogens is 412 g/mol. The van der Waals surface area contributed by atoms with Gasteiger partial charge in [0.15, 0.2) is 0 Å². The number of carbonyl (C=O) groups is 2. The molecule has 0 bridgehead atoms. The lowest BCUT2D eigenvalue weighted by Crippen LogP contribution is -2.31. The normalized spacial score (nSPS) is 11.9. The maximum absolute atomic E-state index is 12.7. The summed E-state index contributed by atoms with van der Waals surface area (Å²) in [5.74, 6) is 0.0878. The van der Waals surface area contributed by atoms with Gasteiger partial charge in [-0.2, -0.15) is 0 Å². The maximum atomic E-state index is 12.7. The molecule has 2 aromatic carbocycles. The Morgan fingerprint density at radius 2 is 1.65 bits per heavy atom. The lowest BCUT2D eigenvalue weighted by molar-refractivity contribution is -0.119. The highest BCUT2D eigenvalue weighted by atomic mass is 79.9. The lowest BCUT2D eigenvalue weighted by Gasteiger charge is -2.17. The minimum atomic E-state index is -0.152. The molecule has 0 fully saturated rings. The summed E-state index contributed by atoms with van der Waals surface area (Å²) in [6.07, 6.45) is 0. The molecule has 0 aromatic heterocycles. The molecule has 0 radical (unpaired) electrons. The first-order chi connectivity index (χ1) is 12.4. The van der Waals surface area contributed by atoms with E-state index in [0.717, 1.165) is 14.9 Å². The first-order valence-corrected chi connectivity index (χ1v) is 10.2. The van der Waals surface area contributed by atoms with Crippen LogP contribution in [0.15, 0.2) is 57.9 Å². The summed E-state index contributed by atoms with van der Waals surface area (Å²) in [7, 11) is 0. The Morgan fingerprint density at radius 3 is 2.35 bits per heavy atom. The van der Waals surface area contributed by atoms with Crippen LogP contribution in [0.25, 0.3) is 0 Å². The third-order valence-corrected chi connectivity index (χ3v) is 5.46. The molecule has 4 nitrogen and oxygen atoms in total. The fraction of sp³-hybridized carbons (Fsp3) is 0.300. The molecule has 0 aliphatic heterocycles. The van der Waals surface area contributed by atoms with Crippen LogP contribution in [-0.4, -0.2) is 23.6 Å². The summed E-state index contributed by atoms with van der Waals surface area (Å²) in [6, 6.07) is 15.1. The van der Waals surface area contributed by atoms with Crippen LogP contribution in [0.5, 0.6) is 0 Å². The summed E-state index contributed by atoms with van der Waals surface area (Å²) < 4.78 is 0.959. The molecule has 0 saturated heterocycles. The molecule has 2 amide bonds. The van der Waals surface area contributed by atoms with Crippen molar-refractivity contribution < 1.29 is 9.59 Å². The molecule has 6 heteroatoms. The van der Waals surface area contributed by atoms with Crippen LogP contribution >= 0.6 is 27.7 Å². The Hall–Kier alpha value is -1.79. The number of carbonyl (C=O) groups excluding carboxylic acids is 2. The Labute approximate surface area is 167 Å². The second-order valence-corrected chi connectivity index (χ2v) is 8.10. The van der Waals surface area contributed by atoms with Crippen molar-refractivity contribution in [2.24, 2.45) is 0 Å². The summed E-state index contributed by atoms with van der Waals surface area (Å²) in [4.78, 5) is 25.4. The average Bonchev–Trinajstić information content (AvgIpc) is 2.60. The van der Waals surface area contributed by atoms with Gasteiger partial charge in [-0.05, 0) is 44.5 Å². The predicted molar refractivity (Wildman–Crippen MR) is 110 cm³/mol. The summed E-state index contributed by atoms with van der Waals surface area (Å²) in [5, 5.41) is 5.89. The Morgan fingerprint density at radius 1 is 1.00 bits per heavy atom. The van der Waals surface area contributed by atoms with Crippen molar-refractivity contribution in [1.82, 2.24) is 10.6 Å². The van der Waals surface area contributed by atoms with Gasteiger partial charge in [0.2, 0.25) is 5.91 Å². The van der Waals surface area contributed by atoms with Crippen LogP contribution in [0.3, 0.4) is 0 Å². The Kier molecular flexibility index (Phi) is 7.72. The topological polar surface area (TPSA) is 58.2 Å². The van der Waals surface area contributed by atoms with Crippen molar-refractivity contribution in [2.75, 3.05) is 5.75 Å². The molecule has 2 aromatic rings. The van der Waals surface area contributed by atoms with Crippen molar-refractivity contribution in [3.63, 3.8) is 0 Å². The number of amides is 2. The molecule has 138 valence electrons. The van der Waals surface area contributed by atoms with E-state index in [4.69, 9.17) is 0 Å². The molecule has 1 atom stereocenters. The van der Waals surface area contributed by atoms with Gasteiger partial charge in [-0.15, -0.1) is 11.8 Å². The number of hydrogen-bond donors (Lipinski definition) is 2. The predicted octanol–water partition coefficient (Wildman–Crippen LogP) is 4.56. The third kappa shape index (κ3) is 5.88. The fourth-order valence-electron chi connectivity index (χ4n) is 2.47. The zero-order chi connectivity index (χ0) is 19.1. The van der Waals surface area contributed by atoms with E-state index in [-0.39, 0.29) is 29.7 Å². The smallest absolute Gasteiger partial charge is 0.252 e. The standard InChI is InChI=1S/C20H23BrN2O2S/c1-13(2)22-19(24)12-26-18-11-7-5-9-16(18)20(25)23-14(3)15-8-4-6-10-17(15)21/h4-11,13-14H,12H2,1-3H3,(H,22,24)(H,23,25). The molecule has 0 aliphatic carbocycles. The fourth-order valence-corrected chi connectivity index (χ4v) is 3.95. The quantitative estimate of drug-likeness (QED) is 0.627. The van der Waals surface area contributed by atoms with Gasteiger partial charge in [0.25, 0.3) is 5.91 Å². The number of benzene rings is 2. The number of hydrogen-bond acceptors (Lipinski definition) is 3. The third-order valence-electron chi connectivity index (χ3n) is 3.66. The summed E-state index contributed by atoms with van der Waals surface area (Å²) in [5.41, 5.74) is 1.59. The van der Waals surface area contributed by atoms with Crippen molar-refractivity contribution in [3.8, 4) is 0 Å². The minimum absolute atomic E-state index is 0.0400. The van der Waals surface area contributed by atoms with Crippen LogP contribution in [0.1, 0.15) is 42.7 Å². The molecule has 0 heterocycles. The summed E-state index contributed by atoms with van der Waals surface area (Å²) >= 11 is 4.89. The number of rotatable bonds is 7. The molecule has 0 spiro atoms. The van der Waals surface area contributed by atoms with Crippen molar-refractivity contribution >= 4 is 39.5 Å². The van der Waals surface area contributed by atoms with E-state index in [0.29, 0.717) is 5.56 Å². The second kappa shape index (κ2) is 9.78. The molecule has 1 unspecified atom stereocenters. The highest BCUT2D eigenvalue weighted by Gasteiger charge is 2.17. The van der Waals surface area contributed by atoms with E-state index in [2.05, 4.69) is 26.6 Å². The Bertz CT molecular complexity index is 780. The van der Waals surface area contributed by atoms with E-state index in [1.165, 1.54) is 11.8 Å². The zero-order valence-corrected chi connectivity index (χ0v) is 17.5. The van der Waals surface area contributed by atoms with Crippen LogP contribution in [-0.2, 0) is 4.79 Å². The van der Waals surface area contributed by atoms with E-state index in [9.17, 15) is 9.59 Å². The van der Waals surface area contributed by atoms with Crippen LogP contribution in [0.4, 0.5) is 0 Å². The first kappa shape index (κ1) is 20.5. The molecule has 2 N–H and O–H groups in total. The first-order valence-electron chi connectivity index (χ1n) is 8.45. The maximum Gasteiger partial charge on any atom is 0.252 e. The second-order valence-electron chi connectivity index (χ2n) is 6.22. The van der Waals surface area contributed by atoms with E-state index in [1.807, 2.05) is 63.2 Å². The molecule has 26 heavy (non-hydrogen) atoms. The molecule has 2 rings (SSSR count). The van der Waals surface area contributed by atoms with Gasteiger partial charge in [-0.3, -0.25) is 9.59 Å². The number of nitrogens with one attached hydrogen (secondary N) is 2. The largest absolute Gasteiger partial charge is 0.353 e. The van der Waals surface area contributed by atoms with E-state index < -0.39 is 0 Å².